The summed E-state index contributed by atoms with van der Waals surface area (Å²) in [6.45, 7) is 3.97. The Morgan fingerprint density at radius 2 is 1.16 bits per heavy atom. The molecule has 0 aromatic carbocycles. The van der Waals surface area contributed by atoms with Crippen LogP contribution in [0.1, 0.15) is 58.8 Å². The average Bonchev–Trinajstić information content (AvgIpc) is 2.72. The smallest absolute Gasteiger partial charge is 0.239 e. The predicted molar refractivity (Wildman–Crippen MR) is 121 cm³/mol. The van der Waals surface area contributed by atoms with Crippen LogP contribution in [0.5, 0.6) is 0 Å². The summed E-state index contributed by atoms with van der Waals surface area (Å²) in [5, 5.41) is 5.43. The third-order valence-electron chi connectivity index (χ3n) is 5.12. The van der Waals surface area contributed by atoms with Crippen molar-refractivity contribution >= 4 is 29.5 Å². The molecule has 0 spiro atoms. The van der Waals surface area contributed by atoms with Crippen LogP contribution >= 0.6 is 0 Å². The Kier molecular flexibility index (Phi) is 15.5. The highest BCUT2D eigenvalue weighted by Gasteiger charge is 2.19. The fraction of sp³-hybridized carbons (Fsp3) is 0.762. The number of nitrogens with one attached hydrogen (secondary N) is 2. The molecule has 2 atom stereocenters. The van der Waals surface area contributed by atoms with Gasteiger partial charge in [0.15, 0.2) is 0 Å². The van der Waals surface area contributed by atoms with Gasteiger partial charge in [-0.05, 0) is 25.7 Å². The maximum absolute atomic E-state index is 12.2. The lowest BCUT2D eigenvalue weighted by Gasteiger charge is -2.21. The summed E-state index contributed by atoms with van der Waals surface area (Å²) in [5.74, 6) is -2.22. The SMILES string of the molecule is CC(CCCCNC(=O)CN(CC(=O)NCCCCC(C)C(N)=O)C(=O)CCN)C(N)=O. The molecule has 11 nitrogen and oxygen atoms in total. The van der Waals surface area contributed by atoms with E-state index in [0.717, 1.165) is 12.8 Å². The minimum atomic E-state index is -0.372. The molecule has 2 unspecified atom stereocenters. The Balaban J connectivity index is 4.34. The van der Waals surface area contributed by atoms with Crippen molar-refractivity contribution < 1.29 is 24.0 Å². The highest BCUT2D eigenvalue weighted by molar-refractivity contribution is 5.89. The molecule has 0 aliphatic rings. The third kappa shape index (κ3) is 14.3. The number of nitrogens with zero attached hydrogens (tertiary/aromatic N) is 1. The van der Waals surface area contributed by atoms with Gasteiger partial charge in [0, 0.05) is 37.9 Å². The second-order valence-electron chi connectivity index (χ2n) is 8.09. The van der Waals surface area contributed by atoms with Crippen molar-refractivity contribution in [2.45, 2.75) is 58.8 Å². The summed E-state index contributed by atoms with van der Waals surface area (Å²) in [5.41, 5.74) is 15.9. The van der Waals surface area contributed by atoms with Crippen LogP contribution in [0.25, 0.3) is 0 Å². The maximum atomic E-state index is 12.2. The number of rotatable bonds is 18. The van der Waals surface area contributed by atoms with Crippen molar-refractivity contribution in [3.05, 3.63) is 0 Å². The van der Waals surface area contributed by atoms with Gasteiger partial charge < -0.3 is 32.7 Å². The van der Waals surface area contributed by atoms with Gasteiger partial charge in [-0.25, -0.2) is 0 Å². The number of hydrogen-bond donors (Lipinski definition) is 5. The normalized spacial score (nSPS) is 12.5. The van der Waals surface area contributed by atoms with Crippen molar-refractivity contribution in [3.63, 3.8) is 0 Å². The number of primary amides is 2. The highest BCUT2D eigenvalue weighted by Crippen LogP contribution is 2.07. The van der Waals surface area contributed by atoms with Crippen molar-refractivity contribution in [2.75, 3.05) is 32.7 Å². The standard InChI is InChI=1S/C21H40N6O5/c1-15(20(23)31)7-3-5-11-25-17(28)13-27(19(30)9-10-22)14-18(29)26-12-6-4-8-16(2)21(24)32/h15-16H,3-14,22H2,1-2H3,(H2,23,31)(H2,24,32)(H,25,28)(H,26,29). The second kappa shape index (κ2) is 16.9. The van der Waals surface area contributed by atoms with Crippen molar-refractivity contribution in [1.29, 1.82) is 0 Å². The first-order valence-corrected chi connectivity index (χ1v) is 11.2. The van der Waals surface area contributed by atoms with Gasteiger partial charge in [-0.1, -0.05) is 26.7 Å². The van der Waals surface area contributed by atoms with Gasteiger partial charge in [0.1, 0.15) is 13.1 Å². The van der Waals surface area contributed by atoms with Gasteiger partial charge in [-0.15, -0.1) is 0 Å². The quantitative estimate of drug-likeness (QED) is 0.164. The van der Waals surface area contributed by atoms with E-state index >= 15 is 0 Å². The van der Waals surface area contributed by atoms with Crippen molar-refractivity contribution in [2.24, 2.45) is 29.0 Å². The molecule has 8 N–H and O–H groups in total. The van der Waals surface area contributed by atoms with Crippen LogP contribution in [0.3, 0.4) is 0 Å². The van der Waals surface area contributed by atoms with Crippen LogP contribution in [-0.2, 0) is 24.0 Å². The predicted octanol–water partition coefficient (Wildman–Crippen LogP) is -1.02. The van der Waals surface area contributed by atoms with Crippen LogP contribution < -0.4 is 27.8 Å². The zero-order valence-corrected chi connectivity index (χ0v) is 19.4. The highest BCUT2D eigenvalue weighted by atomic mass is 16.2. The fourth-order valence-corrected chi connectivity index (χ4v) is 2.86. The second-order valence-corrected chi connectivity index (χ2v) is 8.09. The molecule has 0 saturated carbocycles. The molecule has 0 aliphatic carbocycles. The lowest BCUT2D eigenvalue weighted by Crippen LogP contribution is -2.46. The van der Waals surface area contributed by atoms with E-state index in [2.05, 4.69) is 10.6 Å². The number of unbranched alkanes of at least 4 members (excludes halogenated alkanes) is 2. The van der Waals surface area contributed by atoms with Gasteiger partial charge in [-0.2, -0.15) is 0 Å². The van der Waals surface area contributed by atoms with E-state index in [1.54, 1.807) is 13.8 Å². The fourth-order valence-electron chi connectivity index (χ4n) is 2.86. The van der Waals surface area contributed by atoms with Crippen LogP contribution in [0.2, 0.25) is 0 Å². The van der Waals surface area contributed by atoms with Crippen LogP contribution in [0.4, 0.5) is 0 Å². The molecule has 0 aromatic rings. The first-order valence-electron chi connectivity index (χ1n) is 11.2. The first kappa shape index (κ1) is 29.3. The van der Waals surface area contributed by atoms with E-state index in [-0.39, 0.29) is 67.4 Å². The van der Waals surface area contributed by atoms with Gasteiger partial charge >= 0.3 is 0 Å². The molecule has 32 heavy (non-hydrogen) atoms. The molecule has 0 heterocycles. The lowest BCUT2D eigenvalue weighted by atomic mass is 10.0. The van der Waals surface area contributed by atoms with Crippen LogP contribution in [0, 0.1) is 11.8 Å². The van der Waals surface area contributed by atoms with Crippen molar-refractivity contribution in [3.8, 4) is 0 Å². The molecule has 0 radical (unpaired) electrons. The Hall–Kier alpha value is -2.69. The van der Waals surface area contributed by atoms with Crippen molar-refractivity contribution in [1.82, 2.24) is 15.5 Å². The minimum Gasteiger partial charge on any atom is -0.369 e. The Bertz CT molecular complexity index is 584. The molecule has 0 aliphatic heterocycles. The molecule has 11 heteroatoms. The van der Waals surface area contributed by atoms with E-state index in [4.69, 9.17) is 17.2 Å². The van der Waals surface area contributed by atoms with E-state index in [1.807, 2.05) is 0 Å². The molecule has 0 saturated heterocycles. The molecule has 0 aromatic heterocycles. The average molecular weight is 457 g/mol. The first-order chi connectivity index (χ1) is 15.1. The molecule has 5 amide bonds. The summed E-state index contributed by atoms with van der Waals surface area (Å²) < 4.78 is 0. The maximum Gasteiger partial charge on any atom is 0.239 e. The third-order valence-corrected chi connectivity index (χ3v) is 5.12. The van der Waals surface area contributed by atoms with Gasteiger partial charge in [0.2, 0.25) is 29.5 Å². The van der Waals surface area contributed by atoms with Crippen LogP contribution in [-0.4, -0.2) is 67.2 Å². The number of carbonyl (C=O) groups is 5. The summed E-state index contributed by atoms with van der Waals surface area (Å²) in [7, 11) is 0. The van der Waals surface area contributed by atoms with E-state index in [1.165, 1.54) is 4.90 Å². The van der Waals surface area contributed by atoms with E-state index in [0.29, 0.717) is 38.8 Å². The number of carbonyl (C=O) groups excluding carboxylic acids is 5. The molecule has 0 fully saturated rings. The van der Waals surface area contributed by atoms with E-state index in [9.17, 15) is 24.0 Å². The summed E-state index contributed by atoms with van der Waals surface area (Å²) in [6, 6.07) is 0. The molecular weight excluding hydrogens is 416 g/mol. The molecule has 184 valence electrons. The number of hydrogen-bond acceptors (Lipinski definition) is 6. The van der Waals surface area contributed by atoms with Gasteiger partial charge in [0.05, 0.1) is 0 Å². The Morgan fingerprint density at radius 1 is 0.750 bits per heavy atom. The monoisotopic (exact) mass is 456 g/mol. The molecular formula is C21H40N6O5. The van der Waals surface area contributed by atoms with Crippen LogP contribution in [0.15, 0.2) is 0 Å². The summed E-state index contributed by atoms with van der Waals surface area (Å²) >= 11 is 0. The Morgan fingerprint density at radius 3 is 1.50 bits per heavy atom. The molecule has 0 bridgehead atoms. The number of nitrogens with two attached hydrogens (primary N) is 3. The topological polar surface area (TPSA) is 191 Å². The summed E-state index contributed by atoms with van der Waals surface area (Å²) in [6.07, 6.45) is 4.16. The zero-order chi connectivity index (χ0) is 24.5. The Labute approximate surface area is 190 Å². The lowest BCUT2D eigenvalue weighted by molar-refractivity contribution is -0.139. The summed E-state index contributed by atoms with van der Waals surface area (Å²) in [4.78, 5) is 59.8. The molecule has 0 rings (SSSR count). The van der Waals surface area contributed by atoms with E-state index < -0.39 is 0 Å². The van der Waals surface area contributed by atoms with Gasteiger partial charge in [-0.3, -0.25) is 24.0 Å². The minimum absolute atomic E-state index is 0.0383. The van der Waals surface area contributed by atoms with Gasteiger partial charge in [0.25, 0.3) is 0 Å². The zero-order valence-electron chi connectivity index (χ0n) is 19.4. The largest absolute Gasteiger partial charge is 0.369 e. The number of amides is 5.